The van der Waals surface area contributed by atoms with Crippen LogP contribution in [0.4, 0.5) is 0 Å². The molecule has 0 radical (unpaired) electrons. The number of carbonyl (C=O) groups excluding carboxylic acids is 3. The van der Waals surface area contributed by atoms with Gasteiger partial charge >= 0.3 is 0 Å². The molecule has 2 aliphatic carbocycles. The first-order chi connectivity index (χ1) is 15.5. The quantitative estimate of drug-likeness (QED) is 0.716. The molecule has 2 N–H and O–H groups in total. The summed E-state index contributed by atoms with van der Waals surface area (Å²) in [6.07, 6.45) is 10.8. The maximum absolute atomic E-state index is 13.6. The van der Waals surface area contributed by atoms with E-state index in [0.29, 0.717) is 6.54 Å². The summed E-state index contributed by atoms with van der Waals surface area (Å²) >= 11 is 0. The van der Waals surface area contributed by atoms with Crippen molar-refractivity contribution in [2.75, 3.05) is 0 Å². The Morgan fingerprint density at radius 3 is 2.69 bits per heavy atom. The summed E-state index contributed by atoms with van der Waals surface area (Å²) in [6, 6.07) is 3.86. The Balaban J connectivity index is 1.39. The van der Waals surface area contributed by atoms with E-state index in [1.54, 1.807) is 27.9 Å². The Hall–Kier alpha value is -3.23. The van der Waals surface area contributed by atoms with E-state index in [9.17, 15) is 14.4 Å². The number of pyridine rings is 1. The number of hydrogen-bond acceptors (Lipinski definition) is 5. The van der Waals surface area contributed by atoms with Crippen LogP contribution in [0.3, 0.4) is 0 Å². The molecule has 32 heavy (non-hydrogen) atoms. The lowest BCUT2D eigenvalue weighted by Gasteiger charge is -2.44. The van der Waals surface area contributed by atoms with Crippen molar-refractivity contribution in [1.82, 2.24) is 30.1 Å². The number of amides is 3. The zero-order chi connectivity index (χ0) is 22.3. The molecule has 9 nitrogen and oxygen atoms in total. The maximum Gasteiger partial charge on any atom is 0.274 e. The summed E-state index contributed by atoms with van der Waals surface area (Å²) in [4.78, 5) is 49.8. The van der Waals surface area contributed by atoms with Crippen LogP contribution in [0.5, 0.6) is 0 Å². The summed E-state index contributed by atoms with van der Waals surface area (Å²) in [5.41, 5.74) is 0.211. The Labute approximate surface area is 186 Å². The Morgan fingerprint density at radius 1 is 1.22 bits per heavy atom. The molecular formula is C23H28N6O3. The molecule has 0 spiro atoms. The zero-order valence-corrected chi connectivity index (χ0v) is 18.2. The van der Waals surface area contributed by atoms with E-state index in [1.807, 2.05) is 13.0 Å². The van der Waals surface area contributed by atoms with Crippen LogP contribution >= 0.6 is 0 Å². The van der Waals surface area contributed by atoms with Gasteiger partial charge in [-0.25, -0.2) is 4.98 Å². The molecule has 3 amide bonds. The van der Waals surface area contributed by atoms with E-state index in [-0.39, 0.29) is 41.8 Å². The normalized spacial score (nSPS) is 23.2. The molecule has 1 aliphatic heterocycles. The van der Waals surface area contributed by atoms with Gasteiger partial charge in [0.15, 0.2) is 5.69 Å². The van der Waals surface area contributed by atoms with Crippen LogP contribution in [0.2, 0.25) is 0 Å². The van der Waals surface area contributed by atoms with Crippen LogP contribution in [0.15, 0.2) is 30.9 Å². The summed E-state index contributed by atoms with van der Waals surface area (Å²) in [5.74, 6) is -0.830. The van der Waals surface area contributed by atoms with E-state index in [4.69, 9.17) is 0 Å². The Bertz CT molecular complexity index is 1040. The minimum Gasteiger partial charge on any atom is -0.351 e. The second-order valence-corrected chi connectivity index (χ2v) is 9.25. The molecule has 2 aromatic heterocycles. The number of aromatic nitrogens is 3. The van der Waals surface area contributed by atoms with Crippen molar-refractivity contribution in [2.24, 2.45) is 0 Å². The lowest BCUT2D eigenvalue weighted by atomic mass is 9.93. The first-order valence-corrected chi connectivity index (χ1v) is 11.3. The van der Waals surface area contributed by atoms with Gasteiger partial charge < -0.3 is 20.1 Å². The zero-order valence-electron chi connectivity index (χ0n) is 18.2. The van der Waals surface area contributed by atoms with Gasteiger partial charge in [0.2, 0.25) is 5.91 Å². The third-order valence-corrected chi connectivity index (χ3v) is 6.75. The molecule has 0 saturated heterocycles. The number of rotatable bonds is 6. The van der Waals surface area contributed by atoms with Gasteiger partial charge in [0, 0.05) is 31.0 Å². The highest BCUT2D eigenvalue weighted by Crippen LogP contribution is 2.39. The van der Waals surface area contributed by atoms with Crippen molar-refractivity contribution in [3.05, 3.63) is 47.8 Å². The smallest absolute Gasteiger partial charge is 0.274 e. The molecule has 2 aromatic rings. The van der Waals surface area contributed by atoms with Crippen LogP contribution in [0.25, 0.3) is 0 Å². The van der Waals surface area contributed by atoms with Crippen molar-refractivity contribution in [1.29, 1.82) is 0 Å². The maximum atomic E-state index is 13.6. The van der Waals surface area contributed by atoms with Crippen molar-refractivity contribution in [3.63, 3.8) is 0 Å². The molecule has 3 aliphatic rings. The number of hydrogen-bond donors (Lipinski definition) is 2. The highest BCUT2D eigenvalue weighted by molar-refractivity contribution is 6.07. The third kappa shape index (κ3) is 3.65. The van der Waals surface area contributed by atoms with Gasteiger partial charge in [0.25, 0.3) is 11.8 Å². The SMILES string of the molecule is CC1(C(=O)NC2CCCC2)Cn2cnc(C(=O)NCc3cccnc3)c2C(=O)N1C1CC1. The Kier molecular flexibility index (Phi) is 5.19. The van der Waals surface area contributed by atoms with E-state index in [1.165, 1.54) is 6.33 Å². The number of fused-ring (bicyclic) bond motifs is 1. The van der Waals surface area contributed by atoms with Gasteiger partial charge in [0.05, 0.1) is 12.9 Å². The summed E-state index contributed by atoms with van der Waals surface area (Å²) in [6.45, 7) is 2.41. The van der Waals surface area contributed by atoms with E-state index in [0.717, 1.165) is 44.1 Å². The third-order valence-electron chi connectivity index (χ3n) is 6.75. The van der Waals surface area contributed by atoms with Gasteiger partial charge in [-0.2, -0.15) is 0 Å². The lowest BCUT2D eigenvalue weighted by Crippen LogP contribution is -2.65. The van der Waals surface area contributed by atoms with Crippen LogP contribution in [-0.2, 0) is 17.9 Å². The molecule has 168 valence electrons. The average Bonchev–Trinajstić information content (AvgIpc) is 3.30. The first-order valence-electron chi connectivity index (χ1n) is 11.3. The van der Waals surface area contributed by atoms with Crippen molar-refractivity contribution >= 4 is 17.7 Å². The number of imidazole rings is 1. The molecule has 9 heteroatoms. The molecule has 2 saturated carbocycles. The van der Waals surface area contributed by atoms with Crippen molar-refractivity contribution < 1.29 is 14.4 Å². The standard InChI is InChI=1S/C23H28N6O3/c1-23(22(32)27-16-6-2-3-7-16)13-28-14-26-18(19(28)21(31)29(23)17-8-9-17)20(30)25-12-15-5-4-10-24-11-15/h4-5,10-11,14,16-17H,2-3,6-9,12-13H2,1H3,(H,25,30)(H,27,32). The minimum atomic E-state index is -1.00. The molecule has 1 unspecified atom stereocenters. The molecular weight excluding hydrogens is 408 g/mol. The van der Waals surface area contributed by atoms with E-state index < -0.39 is 11.4 Å². The fraction of sp³-hybridized carbons (Fsp3) is 0.522. The lowest BCUT2D eigenvalue weighted by molar-refractivity contribution is -0.134. The minimum absolute atomic E-state index is 0.0248. The number of nitrogens with one attached hydrogen (secondary N) is 2. The van der Waals surface area contributed by atoms with Crippen LogP contribution in [0.1, 0.15) is 72.0 Å². The molecule has 2 fully saturated rings. The fourth-order valence-electron chi connectivity index (χ4n) is 4.90. The molecule has 0 aromatic carbocycles. The summed E-state index contributed by atoms with van der Waals surface area (Å²) in [5, 5.41) is 5.99. The summed E-state index contributed by atoms with van der Waals surface area (Å²) in [7, 11) is 0. The first kappa shape index (κ1) is 20.7. The van der Waals surface area contributed by atoms with Crippen molar-refractivity contribution in [2.45, 2.75) is 76.2 Å². The average molecular weight is 437 g/mol. The molecule has 3 heterocycles. The van der Waals surface area contributed by atoms with Gasteiger partial charge in [-0.05, 0) is 44.2 Å². The highest BCUT2D eigenvalue weighted by atomic mass is 16.2. The molecule has 1 atom stereocenters. The second-order valence-electron chi connectivity index (χ2n) is 9.25. The van der Waals surface area contributed by atoms with Crippen molar-refractivity contribution in [3.8, 4) is 0 Å². The summed E-state index contributed by atoms with van der Waals surface area (Å²) < 4.78 is 1.66. The highest BCUT2D eigenvalue weighted by Gasteiger charge is 2.54. The molecule has 5 rings (SSSR count). The number of nitrogens with zero attached hydrogens (tertiary/aromatic N) is 4. The largest absolute Gasteiger partial charge is 0.351 e. The molecule has 0 bridgehead atoms. The van der Waals surface area contributed by atoms with Gasteiger partial charge in [-0.3, -0.25) is 19.4 Å². The van der Waals surface area contributed by atoms with E-state index in [2.05, 4.69) is 20.6 Å². The second kappa shape index (κ2) is 8.03. The van der Waals surface area contributed by atoms with Gasteiger partial charge in [-0.15, -0.1) is 0 Å². The van der Waals surface area contributed by atoms with Gasteiger partial charge in [0.1, 0.15) is 11.2 Å². The van der Waals surface area contributed by atoms with E-state index >= 15 is 0 Å². The fourth-order valence-corrected chi connectivity index (χ4v) is 4.90. The van der Waals surface area contributed by atoms with Crippen LogP contribution < -0.4 is 10.6 Å². The predicted molar refractivity (Wildman–Crippen MR) is 116 cm³/mol. The Morgan fingerprint density at radius 2 is 2.00 bits per heavy atom. The van der Waals surface area contributed by atoms with Gasteiger partial charge in [-0.1, -0.05) is 18.9 Å². The number of carbonyl (C=O) groups is 3. The van der Waals surface area contributed by atoms with Crippen LogP contribution in [0, 0.1) is 0 Å². The van der Waals surface area contributed by atoms with Crippen LogP contribution in [-0.4, -0.2) is 54.8 Å². The monoisotopic (exact) mass is 436 g/mol. The topological polar surface area (TPSA) is 109 Å². The predicted octanol–water partition coefficient (Wildman–Crippen LogP) is 1.64.